The molecule has 1 rings (SSSR count). The molecular formula is C16H26O3. The minimum Gasteiger partial charge on any atom is -0.493 e. The van der Waals surface area contributed by atoms with Gasteiger partial charge in [0.2, 0.25) is 5.75 Å². The van der Waals surface area contributed by atoms with Crippen LogP contribution in [0, 0.1) is 0 Å². The Morgan fingerprint density at radius 1 is 1.05 bits per heavy atom. The van der Waals surface area contributed by atoms with Gasteiger partial charge in [-0.2, -0.15) is 0 Å². The van der Waals surface area contributed by atoms with Crippen molar-refractivity contribution < 1.29 is 14.2 Å². The van der Waals surface area contributed by atoms with Crippen LogP contribution in [0.5, 0.6) is 17.2 Å². The molecule has 3 heteroatoms. The molecule has 1 aromatic carbocycles. The van der Waals surface area contributed by atoms with Gasteiger partial charge in [-0.25, -0.2) is 0 Å². The number of ether oxygens (including phenoxy) is 3. The number of benzene rings is 1. The second kappa shape index (κ2) is 7.93. The molecule has 0 heterocycles. The van der Waals surface area contributed by atoms with E-state index in [1.165, 1.54) is 0 Å². The van der Waals surface area contributed by atoms with Crippen molar-refractivity contribution in [1.82, 2.24) is 0 Å². The van der Waals surface area contributed by atoms with E-state index < -0.39 is 0 Å². The Labute approximate surface area is 116 Å². The van der Waals surface area contributed by atoms with Gasteiger partial charge in [-0.15, -0.1) is 0 Å². The van der Waals surface area contributed by atoms with Crippen molar-refractivity contribution in [1.29, 1.82) is 0 Å². The van der Waals surface area contributed by atoms with E-state index in [-0.39, 0.29) is 12.2 Å². The van der Waals surface area contributed by atoms with Crippen LogP contribution >= 0.6 is 0 Å². The van der Waals surface area contributed by atoms with Gasteiger partial charge < -0.3 is 14.2 Å². The molecule has 0 aliphatic rings. The predicted molar refractivity (Wildman–Crippen MR) is 78.4 cm³/mol. The van der Waals surface area contributed by atoms with Crippen molar-refractivity contribution in [3.8, 4) is 17.2 Å². The van der Waals surface area contributed by atoms with Gasteiger partial charge >= 0.3 is 0 Å². The molecule has 0 amide bonds. The summed E-state index contributed by atoms with van der Waals surface area (Å²) in [6.45, 7) is 8.32. The first-order valence-corrected chi connectivity index (χ1v) is 7.12. The molecule has 0 aliphatic heterocycles. The number of hydrogen-bond acceptors (Lipinski definition) is 3. The van der Waals surface area contributed by atoms with Crippen molar-refractivity contribution in [3.05, 3.63) is 18.2 Å². The average molecular weight is 266 g/mol. The maximum absolute atomic E-state index is 6.11. The summed E-state index contributed by atoms with van der Waals surface area (Å²) in [5.74, 6) is 2.20. The molecule has 1 aromatic rings. The van der Waals surface area contributed by atoms with Crippen LogP contribution in [-0.4, -0.2) is 19.3 Å². The van der Waals surface area contributed by atoms with E-state index in [1.54, 1.807) is 7.11 Å². The average Bonchev–Trinajstić information content (AvgIpc) is 2.39. The van der Waals surface area contributed by atoms with Gasteiger partial charge in [-0.05, 0) is 38.8 Å². The third kappa shape index (κ3) is 4.66. The number of methoxy groups -OCH3 is 1. The van der Waals surface area contributed by atoms with E-state index in [4.69, 9.17) is 14.2 Å². The topological polar surface area (TPSA) is 27.7 Å². The molecule has 0 aromatic heterocycles. The van der Waals surface area contributed by atoms with E-state index in [1.807, 2.05) is 32.0 Å². The molecule has 0 aliphatic carbocycles. The zero-order valence-electron chi connectivity index (χ0n) is 12.7. The summed E-state index contributed by atoms with van der Waals surface area (Å²) in [6, 6.07) is 5.75. The van der Waals surface area contributed by atoms with Crippen LogP contribution in [0.2, 0.25) is 0 Å². The Kier molecular flexibility index (Phi) is 6.54. The first-order chi connectivity index (χ1) is 9.12. The highest BCUT2D eigenvalue weighted by molar-refractivity contribution is 5.51. The highest BCUT2D eigenvalue weighted by atomic mass is 16.5. The summed E-state index contributed by atoms with van der Waals surface area (Å²) in [5, 5.41) is 0. The monoisotopic (exact) mass is 266 g/mol. The van der Waals surface area contributed by atoms with Crippen LogP contribution in [0.3, 0.4) is 0 Å². The molecule has 3 nitrogen and oxygen atoms in total. The zero-order chi connectivity index (χ0) is 14.3. The van der Waals surface area contributed by atoms with E-state index in [0.717, 1.165) is 36.5 Å². The summed E-state index contributed by atoms with van der Waals surface area (Å²) in [7, 11) is 1.65. The fraction of sp³-hybridized carbons (Fsp3) is 0.625. The van der Waals surface area contributed by atoms with Gasteiger partial charge in [-0.3, -0.25) is 0 Å². The van der Waals surface area contributed by atoms with Gasteiger partial charge in [0.25, 0.3) is 0 Å². The molecule has 108 valence electrons. The smallest absolute Gasteiger partial charge is 0.203 e. The lowest BCUT2D eigenvalue weighted by molar-refractivity contribution is 0.159. The standard InChI is InChI=1S/C16H26O3/c1-6-9-13(7-2)19-16-14(17-5)10-8-11-15(16)18-12(3)4/h8,10-13H,6-7,9H2,1-5H3. The molecule has 0 fully saturated rings. The molecule has 0 spiro atoms. The lowest BCUT2D eigenvalue weighted by atomic mass is 10.1. The first kappa shape index (κ1) is 15.7. The predicted octanol–water partition coefficient (Wildman–Crippen LogP) is 4.44. The highest BCUT2D eigenvalue weighted by Gasteiger charge is 2.17. The van der Waals surface area contributed by atoms with Crippen LogP contribution in [0.1, 0.15) is 47.0 Å². The largest absolute Gasteiger partial charge is 0.493 e. The Hall–Kier alpha value is -1.38. The van der Waals surface area contributed by atoms with Crippen LogP contribution in [0.15, 0.2) is 18.2 Å². The van der Waals surface area contributed by atoms with Crippen molar-refractivity contribution in [2.45, 2.75) is 59.2 Å². The lowest BCUT2D eigenvalue weighted by Crippen LogP contribution is -2.17. The second-order valence-corrected chi connectivity index (χ2v) is 4.89. The lowest BCUT2D eigenvalue weighted by Gasteiger charge is -2.22. The molecule has 0 saturated carbocycles. The first-order valence-electron chi connectivity index (χ1n) is 7.12. The quantitative estimate of drug-likeness (QED) is 0.696. The molecular weight excluding hydrogens is 240 g/mol. The molecule has 1 unspecified atom stereocenters. The molecule has 0 saturated heterocycles. The third-order valence-electron chi connectivity index (χ3n) is 2.88. The Morgan fingerprint density at radius 2 is 1.74 bits per heavy atom. The van der Waals surface area contributed by atoms with E-state index >= 15 is 0 Å². The summed E-state index contributed by atoms with van der Waals surface area (Å²) < 4.78 is 17.3. The SMILES string of the molecule is CCCC(CC)Oc1c(OC)cccc1OC(C)C. The van der Waals surface area contributed by atoms with Gasteiger partial charge in [0.15, 0.2) is 11.5 Å². The van der Waals surface area contributed by atoms with Gasteiger partial charge in [0.1, 0.15) is 0 Å². The highest BCUT2D eigenvalue weighted by Crippen LogP contribution is 2.38. The third-order valence-corrected chi connectivity index (χ3v) is 2.88. The number of hydrogen-bond donors (Lipinski definition) is 0. The van der Waals surface area contributed by atoms with Crippen LogP contribution in [-0.2, 0) is 0 Å². The summed E-state index contributed by atoms with van der Waals surface area (Å²) in [4.78, 5) is 0. The maximum Gasteiger partial charge on any atom is 0.203 e. The van der Waals surface area contributed by atoms with Crippen LogP contribution in [0.25, 0.3) is 0 Å². The molecule has 0 bridgehead atoms. The zero-order valence-corrected chi connectivity index (χ0v) is 12.7. The van der Waals surface area contributed by atoms with E-state index in [9.17, 15) is 0 Å². The molecule has 0 N–H and O–H groups in total. The summed E-state index contributed by atoms with van der Waals surface area (Å²) in [5.41, 5.74) is 0. The minimum absolute atomic E-state index is 0.112. The van der Waals surface area contributed by atoms with Crippen LogP contribution < -0.4 is 14.2 Å². The van der Waals surface area contributed by atoms with Gasteiger partial charge in [0, 0.05) is 0 Å². The number of rotatable bonds is 8. The molecule has 1 atom stereocenters. The van der Waals surface area contributed by atoms with Crippen LogP contribution in [0.4, 0.5) is 0 Å². The fourth-order valence-electron chi connectivity index (χ4n) is 1.95. The Bertz CT molecular complexity index is 374. The van der Waals surface area contributed by atoms with E-state index in [0.29, 0.717) is 0 Å². The van der Waals surface area contributed by atoms with Crippen molar-refractivity contribution in [3.63, 3.8) is 0 Å². The molecule has 19 heavy (non-hydrogen) atoms. The van der Waals surface area contributed by atoms with Crippen molar-refractivity contribution in [2.75, 3.05) is 7.11 Å². The van der Waals surface area contributed by atoms with E-state index in [2.05, 4.69) is 13.8 Å². The van der Waals surface area contributed by atoms with Crippen molar-refractivity contribution >= 4 is 0 Å². The van der Waals surface area contributed by atoms with Gasteiger partial charge in [0.05, 0.1) is 19.3 Å². The van der Waals surface area contributed by atoms with Crippen molar-refractivity contribution in [2.24, 2.45) is 0 Å². The fourth-order valence-corrected chi connectivity index (χ4v) is 1.95. The normalized spacial score (nSPS) is 12.3. The second-order valence-electron chi connectivity index (χ2n) is 4.89. The number of para-hydroxylation sites is 1. The van der Waals surface area contributed by atoms with Gasteiger partial charge in [-0.1, -0.05) is 26.3 Å². The molecule has 0 radical (unpaired) electrons. The summed E-state index contributed by atoms with van der Waals surface area (Å²) in [6.07, 6.45) is 3.44. The summed E-state index contributed by atoms with van der Waals surface area (Å²) >= 11 is 0. The minimum atomic E-state index is 0.112. The Balaban J connectivity index is 2.99. The Morgan fingerprint density at radius 3 is 2.26 bits per heavy atom. The maximum atomic E-state index is 6.11.